The molecule has 2 saturated heterocycles. The zero-order chi connectivity index (χ0) is 29.9. The lowest BCUT2D eigenvalue weighted by Crippen LogP contribution is -2.43. The first-order valence-electron chi connectivity index (χ1n) is 15.3. The topological polar surface area (TPSA) is 106 Å². The third-order valence-corrected chi connectivity index (χ3v) is 9.74. The number of carbonyl (C=O) groups is 1. The number of amides is 2. The second-order valence-corrected chi connectivity index (χ2v) is 12.5. The number of fused-ring (bicyclic) bond motifs is 4. The number of aromatic amines is 1. The molecule has 3 aliphatic rings. The van der Waals surface area contributed by atoms with Gasteiger partial charge in [-0.1, -0.05) is 60.7 Å². The molecule has 2 unspecified atom stereocenters. The summed E-state index contributed by atoms with van der Waals surface area (Å²) in [6.45, 7) is 6.54. The molecular formula is C35H36N8O. The quantitative estimate of drug-likeness (QED) is 0.248. The lowest BCUT2D eigenvalue weighted by molar-refractivity contribution is 0.143. The highest BCUT2D eigenvalue weighted by molar-refractivity contribution is 5.98. The molecule has 0 saturated carbocycles. The molecule has 222 valence electrons. The Morgan fingerprint density at radius 3 is 2.45 bits per heavy atom. The van der Waals surface area contributed by atoms with Crippen LogP contribution in [0.2, 0.25) is 0 Å². The number of aromatic nitrogens is 3. The summed E-state index contributed by atoms with van der Waals surface area (Å²) in [7, 11) is 2.24. The van der Waals surface area contributed by atoms with Gasteiger partial charge in [0.2, 0.25) is 5.95 Å². The van der Waals surface area contributed by atoms with Gasteiger partial charge < -0.3 is 25.8 Å². The number of carbonyl (C=O) groups excluding carboxylic acids is 1. The molecule has 44 heavy (non-hydrogen) atoms. The van der Waals surface area contributed by atoms with Gasteiger partial charge in [-0.15, -0.1) is 0 Å². The Labute approximate surface area is 256 Å². The Balaban J connectivity index is 1.04. The summed E-state index contributed by atoms with van der Waals surface area (Å²) in [4.78, 5) is 32.8. The third kappa shape index (κ3) is 4.69. The first-order valence-corrected chi connectivity index (χ1v) is 15.3. The van der Waals surface area contributed by atoms with Crippen LogP contribution >= 0.6 is 0 Å². The normalized spacial score (nSPS) is 19.6. The number of hydrogen-bond donors (Lipinski definition) is 3. The maximum atomic E-state index is 13.2. The minimum absolute atomic E-state index is 0.120. The number of anilines is 2. The smallest absolute Gasteiger partial charge is 0.322 e. The second kappa shape index (κ2) is 10.5. The zero-order valence-corrected chi connectivity index (χ0v) is 25.0. The van der Waals surface area contributed by atoms with E-state index in [1.807, 2.05) is 42.2 Å². The van der Waals surface area contributed by atoms with E-state index in [2.05, 4.69) is 79.6 Å². The Bertz CT molecular complexity index is 1870. The molecule has 0 radical (unpaired) electrons. The largest absolute Gasteiger partial charge is 0.368 e. The van der Waals surface area contributed by atoms with Crippen molar-refractivity contribution < 1.29 is 4.79 Å². The van der Waals surface area contributed by atoms with E-state index in [1.54, 1.807) is 0 Å². The summed E-state index contributed by atoms with van der Waals surface area (Å²) in [5.74, 6) is 0.200. The Kier molecular flexibility index (Phi) is 6.39. The van der Waals surface area contributed by atoms with Crippen molar-refractivity contribution in [1.82, 2.24) is 29.7 Å². The van der Waals surface area contributed by atoms with E-state index < -0.39 is 0 Å². The van der Waals surface area contributed by atoms with Crippen molar-refractivity contribution in [1.29, 1.82) is 0 Å². The molecule has 5 aromatic rings. The Hall–Kier alpha value is -4.73. The summed E-state index contributed by atoms with van der Waals surface area (Å²) >= 11 is 0. The molecule has 0 spiro atoms. The number of likely N-dealkylation sites (N-methyl/N-ethyl adjacent to an activating group) is 1. The molecule has 5 heterocycles. The van der Waals surface area contributed by atoms with Gasteiger partial charge in [-0.3, -0.25) is 4.90 Å². The van der Waals surface area contributed by atoms with Gasteiger partial charge in [0.15, 0.2) is 0 Å². The molecule has 9 heteroatoms. The minimum atomic E-state index is -0.120. The van der Waals surface area contributed by atoms with Crippen LogP contribution in [0.3, 0.4) is 0 Å². The zero-order valence-electron chi connectivity index (χ0n) is 25.0. The summed E-state index contributed by atoms with van der Waals surface area (Å²) in [6, 6.07) is 26.2. The van der Waals surface area contributed by atoms with Gasteiger partial charge in [-0.2, -0.15) is 4.98 Å². The van der Waals surface area contributed by atoms with Gasteiger partial charge in [0.25, 0.3) is 0 Å². The van der Waals surface area contributed by atoms with Gasteiger partial charge in [0.05, 0.1) is 5.69 Å². The number of nitrogens with zero attached hydrogens (tertiary/aromatic N) is 5. The van der Waals surface area contributed by atoms with Crippen LogP contribution in [-0.2, 0) is 19.6 Å². The van der Waals surface area contributed by atoms with E-state index >= 15 is 0 Å². The first-order chi connectivity index (χ1) is 21.4. The Morgan fingerprint density at radius 2 is 1.75 bits per heavy atom. The van der Waals surface area contributed by atoms with Crippen molar-refractivity contribution in [2.75, 3.05) is 31.2 Å². The van der Waals surface area contributed by atoms with Crippen LogP contribution in [0.4, 0.5) is 16.4 Å². The highest BCUT2D eigenvalue weighted by atomic mass is 16.2. The van der Waals surface area contributed by atoms with Crippen molar-refractivity contribution in [3.8, 4) is 22.5 Å². The third-order valence-electron chi connectivity index (χ3n) is 9.74. The molecule has 9 nitrogen and oxygen atoms in total. The molecule has 2 atom stereocenters. The number of hydrogen-bond acceptors (Lipinski definition) is 6. The number of nitrogens with two attached hydrogens (primary N) is 1. The van der Waals surface area contributed by atoms with Gasteiger partial charge in [-0.05, 0) is 60.3 Å². The summed E-state index contributed by atoms with van der Waals surface area (Å²) in [5, 5.41) is 4.02. The summed E-state index contributed by atoms with van der Waals surface area (Å²) in [6.07, 6.45) is 1.29. The number of benzene rings is 3. The average Bonchev–Trinajstić information content (AvgIpc) is 3.81. The number of piperazine rings is 1. The van der Waals surface area contributed by atoms with Crippen LogP contribution in [0.15, 0.2) is 72.8 Å². The highest BCUT2D eigenvalue weighted by Gasteiger charge is 2.41. The fourth-order valence-electron chi connectivity index (χ4n) is 7.25. The van der Waals surface area contributed by atoms with Gasteiger partial charge in [-0.25, -0.2) is 9.78 Å². The van der Waals surface area contributed by atoms with Crippen molar-refractivity contribution in [2.45, 2.75) is 45.1 Å². The lowest BCUT2D eigenvalue weighted by Gasteiger charge is -2.31. The molecule has 0 aliphatic carbocycles. The van der Waals surface area contributed by atoms with Crippen LogP contribution in [0.1, 0.15) is 28.7 Å². The molecule has 2 fully saturated rings. The summed E-state index contributed by atoms with van der Waals surface area (Å²) < 4.78 is 0. The number of nitrogen functional groups attached to an aromatic ring is 1. The van der Waals surface area contributed by atoms with E-state index in [0.29, 0.717) is 30.8 Å². The Morgan fingerprint density at radius 1 is 0.977 bits per heavy atom. The second-order valence-electron chi connectivity index (χ2n) is 12.5. The monoisotopic (exact) mass is 584 g/mol. The lowest BCUT2D eigenvalue weighted by atomic mass is 10.0. The van der Waals surface area contributed by atoms with Crippen LogP contribution in [0.5, 0.6) is 0 Å². The fourth-order valence-corrected chi connectivity index (χ4v) is 7.25. The molecule has 2 bridgehead atoms. The average molecular weight is 585 g/mol. The van der Waals surface area contributed by atoms with Crippen LogP contribution in [0.25, 0.3) is 33.5 Å². The molecule has 2 amide bonds. The van der Waals surface area contributed by atoms with E-state index in [1.165, 1.54) is 29.7 Å². The molecule has 2 aromatic heterocycles. The number of rotatable bonds is 5. The maximum absolute atomic E-state index is 13.2. The van der Waals surface area contributed by atoms with Crippen molar-refractivity contribution >= 4 is 28.7 Å². The van der Waals surface area contributed by atoms with E-state index in [0.717, 1.165) is 52.2 Å². The van der Waals surface area contributed by atoms with E-state index in [-0.39, 0.29) is 12.0 Å². The van der Waals surface area contributed by atoms with Gasteiger partial charge in [0.1, 0.15) is 5.65 Å². The van der Waals surface area contributed by atoms with Crippen molar-refractivity contribution in [3.05, 3.63) is 95.1 Å². The highest BCUT2D eigenvalue weighted by Crippen LogP contribution is 2.36. The molecule has 3 aromatic carbocycles. The number of urea groups is 1. The standard InChI is InChI=1S/C35H36N8O/c1-21-28(8-5-9-30(21)38-35(44)43-17-24-6-3-4-7-25(24)18-43)32-29-15-31(37-33(29)40-34(36)39-32)23-12-10-22(11-13-23)16-42-20-26-14-27(42)19-41(26)2/h3-13,15,26-27H,14,16-20H2,1-2H3,(H,38,44)(H3,36,37,39,40). The minimum Gasteiger partial charge on any atom is -0.368 e. The van der Waals surface area contributed by atoms with Crippen LogP contribution < -0.4 is 11.1 Å². The first kappa shape index (κ1) is 26.9. The number of H-pyrrole nitrogens is 1. The van der Waals surface area contributed by atoms with Gasteiger partial charge >= 0.3 is 6.03 Å². The van der Waals surface area contributed by atoms with Crippen molar-refractivity contribution in [2.24, 2.45) is 0 Å². The number of nitrogens with one attached hydrogen (secondary N) is 2. The fraction of sp³-hybridized carbons (Fsp3) is 0.286. The molecular weight excluding hydrogens is 548 g/mol. The van der Waals surface area contributed by atoms with E-state index in [4.69, 9.17) is 5.73 Å². The molecule has 4 N–H and O–H groups in total. The van der Waals surface area contributed by atoms with Crippen molar-refractivity contribution in [3.63, 3.8) is 0 Å². The van der Waals surface area contributed by atoms with Crippen LogP contribution in [0, 0.1) is 6.92 Å². The number of likely N-dealkylation sites (tertiary alicyclic amines) is 2. The molecule has 3 aliphatic heterocycles. The SMILES string of the molecule is Cc1c(NC(=O)N2Cc3ccccc3C2)cccc1-c1nc(N)nc2[nH]c(-c3ccc(CN4CC5CC4CN5C)cc3)cc12. The maximum Gasteiger partial charge on any atom is 0.322 e. The summed E-state index contributed by atoms with van der Waals surface area (Å²) in [5.41, 5.74) is 16.0. The van der Waals surface area contributed by atoms with Gasteiger partial charge in [0, 0.05) is 67.1 Å². The molecule has 8 rings (SSSR count). The predicted octanol–water partition coefficient (Wildman–Crippen LogP) is 5.62. The van der Waals surface area contributed by atoms with Crippen LogP contribution in [-0.4, -0.2) is 67.9 Å². The predicted molar refractivity (Wildman–Crippen MR) is 174 cm³/mol. The van der Waals surface area contributed by atoms with E-state index in [9.17, 15) is 4.79 Å².